The monoisotopic (exact) mass is 412 g/mol. The number of nitrogens with zero attached hydrogens (tertiary/aromatic N) is 6. The van der Waals surface area contributed by atoms with Crippen LogP contribution in [0.25, 0.3) is 5.69 Å². The molecule has 0 aliphatic carbocycles. The lowest BCUT2D eigenvalue weighted by Gasteiger charge is -2.05. The minimum atomic E-state index is -0.556. The summed E-state index contributed by atoms with van der Waals surface area (Å²) in [5, 5.41) is 23.2. The van der Waals surface area contributed by atoms with Gasteiger partial charge in [-0.15, -0.1) is 5.10 Å². The van der Waals surface area contributed by atoms with E-state index in [1.807, 2.05) is 24.3 Å². The number of pyridine rings is 1. The van der Waals surface area contributed by atoms with Gasteiger partial charge in [0, 0.05) is 10.5 Å². The van der Waals surface area contributed by atoms with Gasteiger partial charge in [0.25, 0.3) is 5.69 Å². The van der Waals surface area contributed by atoms with Gasteiger partial charge in [-0.2, -0.15) is 4.68 Å². The van der Waals surface area contributed by atoms with Gasteiger partial charge in [0.15, 0.2) is 0 Å². The van der Waals surface area contributed by atoms with E-state index in [-0.39, 0.29) is 10.7 Å². The Hall–Kier alpha value is -2.04. The largest absolute Gasteiger partial charge is 0.289 e. The van der Waals surface area contributed by atoms with Gasteiger partial charge in [-0.3, -0.25) is 10.1 Å². The molecule has 0 spiro atoms. The van der Waals surface area contributed by atoms with E-state index in [1.54, 1.807) is 0 Å². The highest BCUT2D eigenvalue weighted by atomic mass is 79.9. The molecule has 1 aromatic carbocycles. The summed E-state index contributed by atoms with van der Waals surface area (Å²) in [6, 6.07) is 8.65. The number of halogens is 2. The van der Waals surface area contributed by atoms with Gasteiger partial charge in [-0.1, -0.05) is 27.5 Å². The molecule has 116 valence electrons. The maximum absolute atomic E-state index is 10.7. The van der Waals surface area contributed by atoms with Crippen LogP contribution in [0.1, 0.15) is 0 Å². The van der Waals surface area contributed by atoms with Crippen LogP contribution in [-0.2, 0) is 0 Å². The van der Waals surface area contributed by atoms with Gasteiger partial charge in [-0.25, -0.2) is 4.98 Å². The van der Waals surface area contributed by atoms with Gasteiger partial charge in [-0.05, 0) is 46.5 Å². The molecule has 0 N–H and O–H groups in total. The normalized spacial score (nSPS) is 10.7. The molecule has 0 unspecified atom stereocenters. The molecule has 23 heavy (non-hydrogen) atoms. The minimum Gasteiger partial charge on any atom is -0.258 e. The van der Waals surface area contributed by atoms with Crippen LogP contribution in [0.3, 0.4) is 0 Å². The lowest BCUT2D eigenvalue weighted by atomic mass is 10.3. The Morgan fingerprint density at radius 2 is 2.04 bits per heavy atom. The average Bonchev–Trinajstić information content (AvgIpc) is 2.98. The van der Waals surface area contributed by atoms with E-state index >= 15 is 0 Å². The second-order valence-electron chi connectivity index (χ2n) is 4.19. The molecule has 0 saturated carbocycles. The second-order valence-corrected chi connectivity index (χ2v) is 6.47. The molecule has 8 nitrogen and oxygen atoms in total. The van der Waals surface area contributed by atoms with Crippen molar-refractivity contribution < 1.29 is 4.92 Å². The maximum atomic E-state index is 10.7. The first-order chi connectivity index (χ1) is 11.0. The van der Waals surface area contributed by atoms with Crippen molar-refractivity contribution in [1.29, 1.82) is 0 Å². The van der Waals surface area contributed by atoms with Gasteiger partial charge in [0.1, 0.15) is 11.2 Å². The molecule has 0 aliphatic heterocycles. The van der Waals surface area contributed by atoms with E-state index in [2.05, 4.69) is 36.4 Å². The van der Waals surface area contributed by atoms with Crippen molar-refractivity contribution in [2.75, 3.05) is 0 Å². The first kappa shape index (κ1) is 15.8. The van der Waals surface area contributed by atoms with Crippen molar-refractivity contribution in [1.82, 2.24) is 25.2 Å². The molecule has 2 heterocycles. The Kier molecular flexibility index (Phi) is 4.55. The third-order valence-corrected chi connectivity index (χ3v) is 4.59. The Labute approximate surface area is 147 Å². The SMILES string of the molecule is O=[N+]([O-])c1cnc(Sc2nnnn2-c2ccc(Br)cc2)c(Cl)c1. The molecular formula is C12H6BrClN6O2S. The maximum Gasteiger partial charge on any atom is 0.289 e. The molecule has 0 atom stereocenters. The van der Waals surface area contributed by atoms with Gasteiger partial charge < -0.3 is 0 Å². The highest BCUT2D eigenvalue weighted by Crippen LogP contribution is 2.32. The molecule has 0 radical (unpaired) electrons. The summed E-state index contributed by atoms with van der Waals surface area (Å²) in [4.78, 5) is 14.1. The van der Waals surface area contributed by atoms with Crippen LogP contribution in [0, 0.1) is 10.1 Å². The Balaban J connectivity index is 1.91. The van der Waals surface area contributed by atoms with Crippen LogP contribution in [-0.4, -0.2) is 30.1 Å². The Morgan fingerprint density at radius 1 is 1.30 bits per heavy atom. The lowest BCUT2D eigenvalue weighted by Crippen LogP contribution is -1.99. The highest BCUT2D eigenvalue weighted by molar-refractivity contribution is 9.10. The zero-order valence-electron chi connectivity index (χ0n) is 11.1. The van der Waals surface area contributed by atoms with Crippen LogP contribution in [0.5, 0.6) is 0 Å². The molecule has 0 fully saturated rings. The smallest absolute Gasteiger partial charge is 0.258 e. The van der Waals surface area contributed by atoms with E-state index in [0.29, 0.717) is 10.2 Å². The quantitative estimate of drug-likeness (QED) is 0.476. The van der Waals surface area contributed by atoms with Crippen molar-refractivity contribution in [3.8, 4) is 5.69 Å². The topological polar surface area (TPSA) is 99.6 Å². The minimum absolute atomic E-state index is 0.162. The van der Waals surface area contributed by atoms with Crippen LogP contribution in [0.2, 0.25) is 5.02 Å². The fraction of sp³-hybridized carbons (Fsp3) is 0. The van der Waals surface area contributed by atoms with Crippen molar-refractivity contribution in [2.24, 2.45) is 0 Å². The summed E-state index contributed by atoms with van der Waals surface area (Å²) < 4.78 is 2.46. The first-order valence-corrected chi connectivity index (χ1v) is 8.05. The van der Waals surface area contributed by atoms with Crippen molar-refractivity contribution in [2.45, 2.75) is 10.2 Å². The predicted octanol–water partition coefficient (Wildman–Crippen LogP) is 3.53. The molecule has 0 bridgehead atoms. The van der Waals surface area contributed by atoms with Crippen molar-refractivity contribution >= 4 is 45.0 Å². The fourth-order valence-corrected chi connectivity index (χ4v) is 2.94. The Morgan fingerprint density at radius 3 is 2.70 bits per heavy atom. The molecule has 2 aromatic heterocycles. The van der Waals surface area contributed by atoms with Crippen LogP contribution in [0.4, 0.5) is 5.69 Å². The van der Waals surface area contributed by atoms with Gasteiger partial charge >= 0.3 is 0 Å². The summed E-state index contributed by atoms with van der Waals surface area (Å²) in [5.41, 5.74) is 0.589. The average molecular weight is 414 g/mol. The second kappa shape index (κ2) is 6.60. The third kappa shape index (κ3) is 3.49. The van der Waals surface area contributed by atoms with E-state index in [9.17, 15) is 10.1 Å². The molecule has 0 amide bonds. The molecule has 0 aliphatic rings. The summed E-state index contributed by atoms with van der Waals surface area (Å²) >= 11 is 10.5. The molecule has 3 rings (SSSR count). The Bertz CT molecular complexity index is 872. The lowest BCUT2D eigenvalue weighted by molar-refractivity contribution is -0.385. The van der Waals surface area contributed by atoms with E-state index in [4.69, 9.17) is 11.6 Å². The van der Waals surface area contributed by atoms with Crippen LogP contribution < -0.4 is 0 Å². The van der Waals surface area contributed by atoms with Gasteiger partial charge in [0.05, 0.1) is 15.6 Å². The highest BCUT2D eigenvalue weighted by Gasteiger charge is 2.16. The summed E-state index contributed by atoms with van der Waals surface area (Å²) in [6.45, 7) is 0. The number of hydrogen-bond donors (Lipinski definition) is 0. The van der Waals surface area contributed by atoms with Crippen LogP contribution >= 0.6 is 39.3 Å². The molecule has 11 heteroatoms. The number of tetrazole rings is 1. The number of benzene rings is 1. The number of aromatic nitrogens is 5. The molecule has 3 aromatic rings. The third-order valence-electron chi connectivity index (χ3n) is 2.70. The number of nitro groups is 1. The molecule has 0 saturated heterocycles. The predicted molar refractivity (Wildman–Crippen MR) is 86.9 cm³/mol. The summed E-state index contributed by atoms with van der Waals surface area (Å²) in [5.74, 6) is 0. The fourth-order valence-electron chi connectivity index (χ4n) is 1.66. The summed E-state index contributed by atoms with van der Waals surface area (Å²) in [7, 11) is 0. The summed E-state index contributed by atoms with van der Waals surface area (Å²) in [6.07, 6.45) is 1.14. The first-order valence-electron chi connectivity index (χ1n) is 6.06. The zero-order chi connectivity index (χ0) is 16.4. The van der Waals surface area contributed by atoms with E-state index < -0.39 is 4.92 Å². The van der Waals surface area contributed by atoms with Crippen molar-refractivity contribution in [3.05, 3.63) is 56.1 Å². The number of rotatable bonds is 4. The van der Waals surface area contributed by atoms with Crippen molar-refractivity contribution in [3.63, 3.8) is 0 Å². The number of hydrogen-bond acceptors (Lipinski definition) is 7. The van der Waals surface area contributed by atoms with Gasteiger partial charge in [0.2, 0.25) is 5.16 Å². The molecular weight excluding hydrogens is 408 g/mol. The van der Waals surface area contributed by atoms with E-state index in [0.717, 1.165) is 28.1 Å². The van der Waals surface area contributed by atoms with Crippen LogP contribution in [0.15, 0.2) is 51.2 Å². The van der Waals surface area contributed by atoms with E-state index in [1.165, 1.54) is 10.7 Å². The standard InChI is InChI=1S/C12H6BrClN6O2S/c13-7-1-3-8(4-2-7)19-12(16-17-18-19)23-11-10(14)5-9(6-15-11)20(21)22/h1-6H. The zero-order valence-corrected chi connectivity index (χ0v) is 14.3.